The minimum atomic E-state index is -3.02. The predicted molar refractivity (Wildman–Crippen MR) is 108 cm³/mol. The molecule has 0 radical (unpaired) electrons. The maximum atomic E-state index is 12.8. The molecule has 4 rings (SSSR count). The van der Waals surface area contributed by atoms with E-state index in [2.05, 4.69) is 11.8 Å². The van der Waals surface area contributed by atoms with Gasteiger partial charge in [0.25, 0.3) is 0 Å². The number of fused-ring (bicyclic) bond motifs is 2. The van der Waals surface area contributed by atoms with Crippen LogP contribution in [0.15, 0.2) is 6.07 Å². The molecule has 0 aliphatic carbocycles. The summed E-state index contributed by atoms with van der Waals surface area (Å²) in [6, 6.07) is 2.08. The second kappa shape index (κ2) is 7.82. The van der Waals surface area contributed by atoms with Gasteiger partial charge in [-0.1, -0.05) is 0 Å². The molecule has 5 nitrogen and oxygen atoms in total. The Morgan fingerprint density at radius 1 is 1.34 bits per heavy atom. The maximum Gasteiger partial charge on any atom is 0.243 e. The molecule has 2 fully saturated rings. The summed E-state index contributed by atoms with van der Waals surface area (Å²) in [5, 5.41) is 10.9. The van der Waals surface area contributed by atoms with E-state index in [0.717, 1.165) is 41.1 Å². The largest absolute Gasteiger partial charge is 0.388 e. The fourth-order valence-corrected chi connectivity index (χ4v) is 7.99. The van der Waals surface area contributed by atoms with Gasteiger partial charge in [-0.25, -0.2) is 17.2 Å². The number of piperidine rings is 1. The second-order valence-corrected chi connectivity index (χ2v) is 12.3. The highest BCUT2D eigenvalue weighted by molar-refractivity contribution is 7.91. The highest BCUT2D eigenvalue weighted by Crippen LogP contribution is 2.47. The van der Waals surface area contributed by atoms with Crippen LogP contribution in [0.2, 0.25) is 0 Å². The van der Waals surface area contributed by atoms with Crippen molar-refractivity contribution in [2.75, 3.05) is 31.2 Å². The Balaban J connectivity index is 1.46. The van der Waals surface area contributed by atoms with E-state index in [9.17, 15) is 22.3 Å². The summed E-state index contributed by atoms with van der Waals surface area (Å²) in [6.07, 6.45) is 0.302. The van der Waals surface area contributed by atoms with Gasteiger partial charge in [0.05, 0.1) is 23.7 Å². The Morgan fingerprint density at radius 2 is 2.07 bits per heavy atom. The van der Waals surface area contributed by atoms with Crippen molar-refractivity contribution in [3.63, 3.8) is 0 Å². The summed E-state index contributed by atoms with van der Waals surface area (Å²) in [5.74, 6) is 0.0917. The summed E-state index contributed by atoms with van der Waals surface area (Å²) in [7, 11) is -3.02. The maximum absolute atomic E-state index is 12.8. The van der Waals surface area contributed by atoms with E-state index < -0.39 is 27.5 Å². The number of rotatable bonds is 4. The van der Waals surface area contributed by atoms with Crippen molar-refractivity contribution in [3.8, 4) is 0 Å². The summed E-state index contributed by atoms with van der Waals surface area (Å²) >= 11 is 1.47. The minimum absolute atomic E-state index is 0.0459. The second-order valence-electron chi connectivity index (χ2n) is 8.90. The number of sulfone groups is 1. The number of hydrogen-bond donors (Lipinski definition) is 1. The van der Waals surface area contributed by atoms with E-state index in [1.807, 2.05) is 6.07 Å². The molecule has 0 aromatic carbocycles. The molecular weight excluding hydrogens is 420 g/mol. The van der Waals surface area contributed by atoms with Crippen LogP contribution < -0.4 is 0 Å². The number of thiophene rings is 1. The Bertz CT molecular complexity index is 843. The predicted octanol–water partition coefficient (Wildman–Crippen LogP) is 2.75. The zero-order chi connectivity index (χ0) is 20.9. The van der Waals surface area contributed by atoms with Crippen LogP contribution in [0.3, 0.4) is 0 Å². The van der Waals surface area contributed by atoms with Gasteiger partial charge in [-0.05, 0) is 50.7 Å². The Kier molecular flexibility index (Phi) is 5.83. The highest BCUT2D eigenvalue weighted by Gasteiger charge is 2.47. The van der Waals surface area contributed by atoms with Gasteiger partial charge in [0.2, 0.25) is 6.43 Å². The number of aliphatic hydroxyl groups is 1. The average Bonchev–Trinajstić information content (AvgIpc) is 3.04. The summed E-state index contributed by atoms with van der Waals surface area (Å²) in [6.45, 7) is 3.91. The van der Waals surface area contributed by atoms with Crippen molar-refractivity contribution in [1.29, 1.82) is 0 Å². The van der Waals surface area contributed by atoms with E-state index in [1.54, 1.807) is 0 Å². The van der Waals surface area contributed by atoms with Crippen LogP contribution in [0.5, 0.6) is 0 Å². The third kappa shape index (κ3) is 4.54. The summed E-state index contributed by atoms with van der Waals surface area (Å²) in [4.78, 5) is 4.06. The quantitative estimate of drug-likeness (QED) is 0.766. The number of nitrogens with zero attached hydrogens (tertiary/aromatic N) is 1. The molecular formula is C20H29F2NO4S2. The lowest BCUT2D eigenvalue weighted by Gasteiger charge is -2.49. The van der Waals surface area contributed by atoms with Gasteiger partial charge >= 0.3 is 0 Å². The van der Waals surface area contributed by atoms with Crippen LogP contribution in [0.4, 0.5) is 8.78 Å². The number of hydrogen-bond acceptors (Lipinski definition) is 6. The Hall–Kier alpha value is -0.610. The van der Waals surface area contributed by atoms with Crippen LogP contribution in [-0.4, -0.2) is 67.7 Å². The van der Waals surface area contributed by atoms with Crippen molar-refractivity contribution < 1.29 is 27.0 Å². The molecule has 2 atom stereocenters. The molecule has 0 unspecified atom stereocenters. The standard InChI is InChI=1S/C20H29F2NO4S2/c1-14-12-20(18-15(2-7-27-20)10-16(28-18)11-17(21)22)3-6-23(14)13-19(24)4-8-29(25,26)9-5-19/h10,14,17,24H,2-9,11-13H2,1H3/t14-,20+/m0/s1. The molecule has 29 heavy (non-hydrogen) atoms. The fraction of sp³-hybridized carbons (Fsp3) is 0.800. The Labute approximate surface area is 175 Å². The SMILES string of the molecule is C[C@H]1C[C@@]2(CCN1CC1(O)CCS(=O)(=O)CC1)OCCc1cc(CC(F)F)sc12. The van der Waals surface area contributed by atoms with Crippen molar-refractivity contribution in [2.45, 2.75) is 69.1 Å². The first-order valence-electron chi connectivity index (χ1n) is 10.3. The Morgan fingerprint density at radius 3 is 2.72 bits per heavy atom. The van der Waals surface area contributed by atoms with Gasteiger partial charge in [-0.15, -0.1) is 11.3 Å². The molecule has 0 saturated carbocycles. The van der Waals surface area contributed by atoms with E-state index in [0.29, 0.717) is 13.2 Å². The van der Waals surface area contributed by atoms with Crippen molar-refractivity contribution in [1.82, 2.24) is 4.90 Å². The normalized spacial score (nSPS) is 31.8. The van der Waals surface area contributed by atoms with Crippen LogP contribution in [0.1, 0.15) is 47.9 Å². The van der Waals surface area contributed by atoms with E-state index in [1.165, 1.54) is 11.3 Å². The topological polar surface area (TPSA) is 66.8 Å². The molecule has 4 heterocycles. The number of ether oxygens (including phenoxy) is 1. The molecule has 3 aliphatic heterocycles. The zero-order valence-electron chi connectivity index (χ0n) is 16.7. The van der Waals surface area contributed by atoms with E-state index in [-0.39, 0.29) is 36.8 Å². The first kappa shape index (κ1) is 21.6. The van der Waals surface area contributed by atoms with Crippen LogP contribution in [-0.2, 0) is 33.0 Å². The monoisotopic (exact) mass is 449 g/mol. The molecule has 0 amide bonds. The summed E-state index contributed by atoms with van der Waals surface area (Å²) in [5.41, 5.74) is -0.239. The molecule has 3 aliphatic rings. The first-order chi connectivity index (χ1) is 13.6. The third-order valence-electron chi connectivity index (χ3n) is 6.68. The molecule has 0 bridgehead atoms. The molecule has 1 spiro atoms. The fourth-order valence-electron chi connectivity index (χ4n) is 5.01. The van der Waals surface area contributed by atoms with Crippen molar-refractivity contribution in [3.05, 3.63) is 21.4 Å². The van der Waals surface area contributed by atoms with Gasteiger partial charge in [0.1, 0.15) is 5.60 Å². The molecule has 2 saturated heterocycles. The van der Waals surface area contributed by atoms with Crippen LogP contribution in [0.25, 0.3) is 0 Å². The molecule has 1 aromatic heterocycles. The minimum Gasteiger partial charge on any atom is -0.388 e. The van der Waals surface area contributed by atoms with Gasteiger partial charge in [0, 0.05) is 35.3 Å². The lowest BCUT2D eigenvalue weighted by atomic mass is 9.81. The average molecular weight is 450 g/mol. The smallest absolute Gasteiger partial charge is 0.243 e. The van der Waals surface area contributed by atoms with Crippen LogP contribution in [0, 0.1) is 0 Å². The van der Waals surface area contributed by atoms with Crippen molar-refractivity contribution >= 4 is 21.2 Å². The van der Waals surface area contributed by atoms with E-state index >= 15 is 0 Å². The molecule has 9 heteroatoms. The molecule has 164 valence electrons. The number of alkyl halides is 2. The van der Waals surface area contributed by atoms with Crippen LogP contribution >= 0.6 is 11.3 Å². The van der Waals surface area contributed by atoms with E-state index in [4.69, 9.17) is 4.74 Å². The van der Waals surface area contributed by atoms with Crippen molar-refractivity contribution in [2.24, 2.45) is 0 Å². The highest BCUT2D eigenvalue weighted by atomic mass is 32.2. The van der Waals surface area contributed by atoms with Gasteiger partial charge in [-0.3, -0.25) is 4.90 Å². The van der Waals surface area contributed by atoms with Gasteiger partial charge in [0.15, 0.2) is 9.84 Å². The lowest BCUT2D eigenvalue weighted by Crippen LogP contribution is -2.56. The zero-order valence-corrected chi connectivity index (χ0v) is 18.3. The molecule has 1 aromatic rings. The van der Waals surface area contributed by atoms with Gasteiger partial charge in [-0.2, -0.15) is 0 Å². The first-order valence-corrected chi connectivity index (χ1v) is 12.9. The number of β-amino-alcohol motifs (C(OH)–C–C–N with tert-alkyl or cyclic N) is 1. The van der Waals surface area contributed by atoms with Gasteiger partial charge < -0.3 is 9.84 Å². The molecule has 1 N–H and O–H groups in total. The number of halogens is 2. The lowest BCUT2D eigenvalue weighted by molar-refractivity contribution is -0.120. The third-order valence-corrected chi connectivity index (χ3v) is 9.72. The summed E-state index contributed by atoms with van der Waals surface area (Å²) < 4.78 is 55.4. The number of likely N-dealkylation sites (tertiary alicyclic amines) is 1.